The summed E-state index contributed by atoms with van der Waals surface area (Å²) in [6.07, 6.45) is 1.50. The topological polar surface area (TPSA) is 63.4 Å². The zero-order valence-corrected chi connectivity index (χ0v) is 12.9. The molecule has 1 aromatic rings. The summed E-state index contributed by atoms with van der Waals surface area (Å²) in [5.74, 6) is -0.193. The van der Waals surface area contributed by atoms with E-state index in [9.17, 15) is 9.59 Å². The van der Waals surface area contributed by atoms with Crippen LogP contribution in [0.3, 0.4) is 0 Å². The maximum Gasteiger partial charge on any atom is 0.226 e. The van der Waals surface area contributed by atoms with Crippen LogP contribution in [-0.4, -0.2) is 29.8 Å². The molecular weight excluding hydrogens is 311 g/mol. The molecule has 3 atom stereocenters. The van der Waals surface area contributed by atoms with E-state index in [0.29, 0.717) is 29.6 Å². The van der Waals surface area contributed by atoms with Crippen molar-refractivity contribution in [2.45, 2.75) is 18.8 Å². The van der Waals surface area contributed by atoms with Crippen molar-refractivity contribution in [1.29, 1.82) is 0 Å². The van der Waals surface area contributed by atoms with Gasteiger partial charge < -0.3 is 10.6 Å². The summed E-state index contributed by atoms with van der Waals surface area (Å²) in [5, 5.41) is 1.04. The Morgan fingerprint density at radius 2 is 2.00 bits per heavy atom. The van der Waals surface area contributed by atoms with Crippen LogP contribution in [0, 0.1) is 11.8 Å². The number of nitrogens with two attached hydrogens (primary N) is 1. The number of hydrogen-bond donors (Lipinski definition) is 1. The van der Waals surface area contributed by atoms with Gasteiger partial charge in [0.2, 0.25) is 11.8 Å². The lowest BCUT2D eigenvalue weighted by molar-refractivity contribution is -0.132. The third-order valence-corrected chi connectivity index (χ3v) is 5.12. The van der Waals surface area contributed by atoms with Crippen LogP contribution < -0.4 is 5.73 Å². The van der Waals surface area contributed by atoms with Gasteiger partial charge in [0.15, 0.2) is 0 Å². The molecule has 2 amide bonds. The molecule has 1 saturated carbocycles. The predicted octanol–water partition coefficient (Wildman–Crippen LogP) is 2.43. The molecule has 21 heavy (non-hydrogen) atoms. The largest absolute Gasteiger partial charge is 0.369 e. The van der Waals surface area contributed by atoms with Crippen LogP contribution in [0.1, 0.15) is 24.3 Å². The third kappa shape index (κ3) is 2.87. The van der Waals surface area contributed by atoms with Gasteiger partial charge in [-0.1, -0.05) is 29.3 Å². The van der Waals surface area contributed by atoms with Gasteiger partial charge in [0.25, 0.3) is 0 Å². The lowest BCUT2D eigenvalue weighted by Gasteiger charge is -2.16. The Bertz CT molecular complexity index is 605. The summed E-state index contributed by atoms with van der Waals surface area (Å²) in [6, 6.07) is 5.51. The minimum absolute atomic E-state index is 0.00568. The number of carbonyl (C=O) groups excluding carboxylic acids is 2. The van der Waals surface area contributed by atoms with Crippen LogP contribution in [0.5, 0.6) is 0 Å². The molecule has 1 aliphatic heterocycles. The summed E-state index contributed by atoms with van der Waals surface area (Å²) in [6.45, 7) is 1.08. The molecule has 2 N–H and O–H groups in total. The lowest BCUT2D eigenvalue weighted by Crippen LogP contribution is -2.32. The van der Waals surface area contributed by atoms with Crippen molar-refractivity contribution >= 4 is 35.0 Å². The summed E-state index contributed by atoms with van der Waals surface area (Å²) in [4.78, 5) is 25.4. The molecule has 0 bridgehead atoms. The van der Waals surface area contributed by atoms with Crippen molar-refractivity contribution in [2.24, 2.45) is 17.6 Å². The summed E-state index contributed by atoms with van der Waals surface area (Å²) >= 11 is 11.9. The van der Waals surface area contributed by atoms with Crippen LogP contribution >= 0.6 is 23.2 Å². The summed E-state index contributed by atoms with van der Waals surface area (Å²) in [5.41, 5.74) is 6.35. The highest BCUT2D eigenvalue weighted by molar-refractivity contribution is 6.42. The van der Waals surface area contributed by atoms with Crippen LogP contribution in [0.4, 0.5) is 0 Å². The summed E-state index contributed by atoms with van der Waals surface area (Å²) < 4.78 is 0. The first kappa shape index (κ1) is 14.7. The molecule has 1 heterocycles. The van der Waals surface area contributed by atoms with Gasteiger partial charge in [-0.05, 0) is 36.5 Å². The number of halogens is 2. The molecule has 1 aromatic carbocycles. The Kier molecular flexibility index (Phi) is 3.84. The Morgan fingerprint density at radius 1 is 1.24 bits per heavy atom. The first-order chi connectivity index (χ1) is 9.97. The number of primary amides is 1. The van der Waals surface area contributed by atoms with Crippen LogP contribution in [-0.2, 0) is 9.59 Å². The molecular formula is C15H16Cl2N2O2. The van der Waals surface area contributed by atoms with E-state index in [-0.39, 0.29) is 29.6 Å². The average Bonchev–Trinajstić information content (AvgIpc) is 3.08. The molecule has 0 radical (unpaired) electrons. The molecule has 4 nitrogen and oxygen atoms in total. The number of benzene rings is 1. The fraction of sp³-hybridized carbons (Fsp3) is 0.467. The van der Waals surface area contributed by atoms with Gasteiger partial charge >= 0.3 is 0 Å². The number of nitrogens with zero attached hydrogens (tertiary/aromatic N) is 1. The maximum atomic E-state index is 12.4. The van der Waals surface area contributed by atoms with Gasteiger partial charge in [-0.15, -0.1) is 0 Å². The van der Waals surface area contributed by atoms with Gasteiger partial charge in [-0.25, -0.2) is 0 Å². The minimum atomic E-state index is -0.317. The van der Waals surface area contributed by atoms with E-state index in [2.05, 4.69) is 0 Å². The van der Waals surface area contributed by atoms with Crippen molar-refractivity contribution in [2.75, 3.05) is 13.1 Å². The van der Waals surface area contributed by atoms with Crippen molar-refractivity contribution in [3.05, 3.63) is 33.8 Å². The van der Waals surface area contributed by atoms with Crippen LogP contribution in [0.2, 0.25) is 10.0 Å². The quantitative estimate of drug-likeness (QED) is 0.927. The molecule has 1 aliphatic carbocycles. The van der Waals surface area contributed by atoms with E-state index < -0.39 is 0 Å². The zero-order valence-electron chi connectivity index (χ0n) is 11.4. The fourth-order valence-electron chi connectivity index (χ4n) is 3.01. The molecule has 2 aliphatic rings. The first-order valence-electron chi connectivity index (χ1n) is 7.00. The van der Waals surface area contributed by atoms with Crippen molar-refractivity contribution in [1.82, 2.24) is 4.90 Å². The third-order valence-electron chi connectivity index (χ3n) is 4.38. The molecule has 2 fully saturated rings. The second-order valence-electron chi connectivity index (χ2n) is 5.79. The molecule has 1 saturated heterocycles. The van der Waals surface area contributed by atoms with Gasteiger partial charge in [-0.2, -0.15) is 0 Å². The highest BCUT2D eigenvalue weighted by Gasteiger charge is 2.47. The number of hydrogen-bond acceptors (Lipinski definition) is 2. The second kappa shape index (κ2) is 5.50. The van der Waals surface area contributed by atoms with E-state index in [4.69, 9.17) is 28.9 Å². The Morgan fingerprint density at radius 3 is 2.62 bits per heavy atom. The normalized spacial score (nSPS) is 27.7. The van der Waals surface area contributed by atoms with E-state index in [1.165, 1.54) is 0 Å². The average molecular weight is 327 g/mol. The van der Waals surface area contributed by atoms with Crippen molar-refractivity contribution in [3.63, 3.8) is 0 Å². The first-order valence-corrected chi connectivity index (χ1v) is 7.76. The van der Waals surface area contributed by atoms with E-state index in [0.717, 1.165) is 12.0 Å². The molecule has 112 valence electrons. The molecule has 3 rings (SSSR count). The second-order valence-corrected chi connectivity index (χ2v) is 6.61. The van der Waals surface area contributed by atoms with Crippen LogP contribution in [0.25, 0.3) is 0 Å². The number of likely N-dealkylation sites (tertiary alicyclic amines) is 1. The van der Waals surface area contributed by atoms with E-state index >= 15 is 0 Å². The van der Waals surface area contributed by atoms with Crippen molar-refractivity contribution < 1.29 is 9.59 Å². The maximum absolute atomic E-state index is 12.4. The van der Waals surface area contributed by atoms with Gasteiger partial charge in [0.05, 0.1) is 16.0 Å². The van der Waals surface area contributed by atoms with E-state index in [1.54, 1.807) is 11.0 Å². The Labute approximate surface area is 133 Å². The van der Waals surface area contributed by atoms with E-state index in [1.807, 2.05) is 12.1 Å². The van der Waals surface area contributed by atoms with Gasteiger partial charge in [0.1, 0.15) is 0 Å². The van der Waals surface area contributed by atoms with Crippen LogP contribution in [0.15, 0.2) is 18.2 Å². The number of rotatable bonds is 3. The highest BCUT2D eigenvalue weighted by Crippen LogP contribution is 2.49. The Balaban J connectivity index is 1.64. The Hall–Kier alpha value is -1.26. The lowest BCUT2D eigenvalue weighted by atomic mass is 10.1. The summed E-state index contributed by atoms with van der Waals surface area (Å²) in [7, 11) is 0. The monoisotopic (exact) mass is 326 g/mol. The SMILES string of the molecule is NC(=O)[C@@H]1CCN(C(=O)[C@H]2C[C@H]2c2ccc(Cl)c(Cl)c2)C1. The molecule has 0 spiro atoms. The fourth-order valence-corrected chi connectivity index (χ4v) is 3.31. The standard InChI is InChI=1S/C15H16Cl2N2O2/c16-12-2-1-8(5-13(12)17)10-6-11(10)15(21)19-4-3-9(7-19)14(18)20/h1-2,5,9-11H,3-4,6-7H2,(H2,18,20)/t9-,10+,11+/m1/s1. The highest BCUT2D eigenvalue weighted by atomic mass is 35.5. The van der Waals surface area contributed by atoms with Gasteiger partial charge in [0, 0.05) is 19.0 Å². The predicted molar refractivity (Wildman–Crippen MR) is 81.2 cm³/mol. The minimum Gasteiger partial charge on any atom is -0.369 e. The number of amides is 2. The smallest absolute Gasteiger partial charge is 0.226 e. The molecule has 0 aromatic heterocycles. The molecule has 0 unspecified atom stereocenters. The van der Waals surface area contributed by atoms with Crippen molar-refractivity contribution in [3.8, 4) is 0 Å². The number of carbonyl (C=O) groups is 2. The molecule has 6 heteroatoms. The zero-order chi connectivity index (χ0) is 15.1. The van der Waals surface area contributed by atoms with Gasteiger partial charge in [-0.3, -0.25) is 9.59 Å².